The molecule has 0 atom stereocenters. The minimum atomic E-state index is 0.975. The fraction of sp³-hybridized carbons (Fsp3) is 0.429. The minimum absolute atomic E-state index is 0.975. The predicted octanol–water partition coefficient (Wildman–Crippen LogP) is 1.87. The third-order valence-corrected chi connectivity index (χ3v) is 1.36. The Hall–Kier alpha value is -0.720. The molecule has 0 bridgehead atoms. The van der Waals surface area contributed by atoms with Gasteiger partial charge in [0.05, 0.1) is 7.11 Å². The second kappa shape index (κ2) is 2.03. The lowest BCUT2D eigenvalue weighted by Crippen LogP contribution is -1.82. The molecule has 0 aromatic rings. The number of ether oxygens (including phenoxy) is 1. The van der Waals surface area contributed by atoms with Crippen molar-refractivity contribution >= 4 is 0 Å². The highest BCUT2D eigenvalue weighted by atomic mass is 16.5. The molecular formula is C7H10O. The molecule has 8 heavy (non-hydrogen) atoms. The van der Waals surface area contributed by atoms with Crippen LogP contribution in [-0.2, 0) is 4.74 Å². The Bertz CT molecular complexity index is 142. The van der Waals surface area contributed by atoms with E-state index in [1.807, 2.05) is 0 Å². The van der Waals surface area contributed by atoms with E-state index in [1.165, 1.54) is 5.57 Å². The molecule has 0 saturated carbocycles. The van der Waals surface area contributed by atoms with E-state index in [0.717, 1.165) is 12.2 Å². The average molecular weight is 110 g/mol. The number of methoxy groups -OCH3 is 1. The summed E-state index contributed by atoms with van der Waals surface area (Å²) in [6.07, 6.45) is 5.16. The van der Waals surface area contributed by atoms with Crippen molar-refractivity contribution in [1.29, 1.82) is 0 Å². The molecule has 1 aliphatic rings. The highest BCUT2D eigenvalue weighted by Gasteiger charge is 2.02. The van der Waals surface area contributed by atoms with Gasteiger partial charge in [-0.25, -0.2) is 0 Å². The molecule has 0 unspecified atom stereocenters. The Morgan fingerprint density at radius 2 is 2.38 bits per heavy atom. The van der Waals surface area contributed by atoms with Crippen molar-refractivity contribution in [3.63, 3.8) is 0 Å². The Kier molecular flexibility index (Phi) is 1.38. The fourth-order valence-electron chi connectivity index (χ4n) is 0.841. The monoisotopic (exact) mass is 110 g/mol. The van der Waals surface area contributed by atoms with Crippen molar-refractivity contribution in [1.82, 2.24) is 0 Å². The van der Waals surface area contributed by atoms with E-state index < -0.39 is 0 Å². The van der Waals surface area contributed by atoms with E-state index in [1.54, 1.807) is 7.11 Å². The molecule has 44 valence electrons. The standard InChI is InChI=1S/C7H10O/c1-6-4-3-5-7(6)8-2/h3-4H,5H2,1-2H3. The van der Waals surface area contributed by atoms with Crippen LogP contribution in [0.1, 0.15) is 13.3 Å². The number of hydrogen-bond acceptors (Lipinski definition) is 1. The lowest BCUT2D eigenvalue weighted by molar-refractivity contribution is 0.284. The van der Waals surface area contributed by atoms with Crippen LogP contribution < -0.4 is 0 Å². The van der Waals surface area contributed by atoms with E-state index in [4.69, 9.17) is 4.74 Å². The van der Waals surface area contributed by atoms with E-state index in [2.05, 4.69) is 19.1 Å². The van der Waals surface area contributed by atoms with Crippen molar-refractivity contribution < 1.29 is 4.74 Å². The van der Waals surface area contributed by atoms with Crippen LogP contribution in [0.15, 0.2) is 23.5 Å². The van der Waals surface area contributed by atoms with Crippen LogP contribution in [0.3, 0.4) is 0 Å². The van der Waals surface area contributed by atoms with Gasteiger partial charge in [-0.05, 0) is 12.5 Å². The molecule has 1 rings (SSSR count). The van der Waals surface area contributed by atoms with Crippen LogP contribution in [0.2, 0.25) is 0 Å². The highest BCUT2D eigenvalue weighted by Crippen LogP contribution is 2.17. The predicted molar refractivity (Wildman–Crippen MR) is 33.5 cm³/mol. The number of allylic oxidation sites excluding steroid dienone is 3. The first-order chi connectivity index (χ1) is 3.84. The molecule has 0 aliphatic heterocycles. The van der Waals surface area contributed by atoms with Crippen LogP contribution in [0, 0.1) is 0 Å². The normalized spacial score (nSPS) is 17.8. The van der Waals surface area contributed by atoms with E-state index >= 15 is 0 Å². The van der Waals surface area contributed by atoms with Gasteiger partial charge in [-0.15, -0.1) is 0 Å². The van der Waals surface area contributed by atoms with Gasteiger partial charge in [0.2, 0.25) is 0 Å². The van der Waals surface area contributed by atoms with Gasteiger partial charge in [0.25, 0.3) is 0 Å². The topological polar surface area (TPSA) is 9.23 Å². The van der Waals surface area contributed by atoms with Gasteiger partial charge >= 0.3 is 0 Å². The lowest BCUT2D eigenvalue weighted by Gasteiger charge is -1.98. The molecule has 0 amide bonds. The molecule has 1 aliphatic carbocycles. The molecule has 0 fully saturated rings. The van der Waals surface area contributed by atoms with Gasteiger partial charge in [-0.3, -0.25) is 0 Å². The zero-order chi connectivity index (χ0) is 5.98. The van der Waals surface area contributed by atoms with Crippen LogP contribution in [0.4, 0.5) is 0 Å². The fourth-order valence-corrected chi connectivity index (χ4v) is 0.841. The van der Waals surface area contributed by atoms with E-state index in [0.29, 0.717) is 0 Å². The van der Waals surface area contributed by atoms with Crippen LogP contribution in [-0.4, -0.2) is 7.11 Å². The Morgan fingerprint density at radius 3 is 2.62 bits per heavy atom. The Labute approximate surface area is 49.7 Å². The first kappa shape index (κ1) is 5.42. The average Bonchev–Trinajstić information content (AvgIpc) is 2.14. The smallest absolute Gasteiger partial charge is 0.102 e. The molecule has 0 N–H and O–H groups in total. The van der Waals surface area contributed by atoms with Crippen LogP contribution in [0.25, 0.3) is 0 Å². The molecule has 0 spiro atoms. The summed E-state index contributed by atoms with van der Waals surface area (Å²) in [4.78, 5) is 0. The summed E-state index contributed by atoms with van der Waals surface area (Å²) in [5, 5.41) is 0. The molecule has 0 radical (unpaired) electrons. The SMILES string of the molecule is COC1=C(C)C=CC1. The molecule has 1 nitrogen and oxygen atoms in total. The summed E-state index contributed by atoms with van der Waals surface area (Å²) in [6.45, 7) is 2.06. The number of hydrogen-bond donors (Lipinski definition) is 0. The molecule has 0 aromatic heterocycles. The maximum atomic E-state index is 5.04. The third kappa shape index (κ3) is 0.760. The van der Waals surface area contributed by atoms with Crippen molar-refractivity contribution in [3.05, 3.63) is 23.5 Å². The molecule has 0 heterocycles. The van der Waals surface area contributed by atoms with Crippen molar-refractivity contribution in [2.75, 3.05) is 7.11 Å². The highest BCUT2D eigenvalue weighted by molar-refractivity contribution is 5.28. The quantitative estimate of drug-likeness (QED) is 0.500. The van der Waals surface area contributed by atoms with Gasteiger partial charge in [-0.1, -0.05) is 12.2 Å². The molecule has 0 saturated heterocycles. The maximum absolute atomic E-state index is 5.04. The zero-order valence-electron chi connectivity index (χ0n) is 5.27. The van der Waals surface area contributed by atoms with E-state index in [9.17, 15) is 0 Å². The van der Waals surface area contributed by atoms with E-state index in [-0.39, 0.29) is 0 Å². The molecule has 1 heteroatoms. The van der Waals surface area contributed by atoms with Gasteiger partial charge in [0.1, 0.15) is 5.76 Å². The first-order valence-electron chi connectivity index (χ1n) is 2.75. The van der Waals surface area contributed by atoms with Crippen molar-refractivity contribution in [3.8, 4) is 0 Å². The first-order valence-corrected chi connectivity index (χ1v) is 2.75. The lowest BCUT2D eigenvalue weighted by atomic mass is 10.3. The Balaban J connectivity index is 2.68. The summed E-state index contributed by atoms with van der Waals surface area (Å²) in [6, 6.07) is 0. The Morgan fingerprint density at radius 1 is 1.62 bits per heavy atom. The number of rotatable bonds is 1. The minimum Gasteiger partial charge on any atom is -0.501 e. The molecular weight excluding hydrogens is 100 g/mol. The van der Waals surface area contributed by atoms with Crippen molar-refractivity contribution in [2.45, 2.75) is 13.3 Å². The summed E-state index contributed by atoms with van der Waals surface area (Å²) in [7, 11) is 1.71. The van der Waals surface area contributed by atoms with Crippen LogP contribution >= 0.6 is 0 Å². The summed E-state index contributed by atoms with van der Waals surface area (Å²) in [5.74, 6) is 1.10. The van der Waals surface area contributed by atoms with Crippen molar-refractivity contribution in [2.24, 2.45) is 0 Å². The maximum Gasteiger partial charge on any atom is 0.102 e. The largest absolute Gasteiger partial charge is 0.501 e. The molecule has 0 aromatic carbocycles. The summed E-state index contributed by atoms with van der Waals surface area (Å²) >= 11 is 0. The second-order valence-electron chi connectivity index (χ2n) is 1.92. The third-order valence-electron chi connectivity index (χ3n) is 1.36. The second-order valence-corrected chi connectivity index (χ2v) is 1.92. The van der Waals surface area contributed by atoms with Crippen LogP contribution in [0.5, 0.6) is 0 Å². The van der Waals surface area contributed by atoms with Gasteiger partial charge < -0.3 is 4.74 Å². The van der Waals surface area contributed by atoms with Gasteiger partial charge in [0.15, 0.2) is 0 Å². The zero-order valence-corrected chi connectivity index (χ0v) is 5.27. The summed E-state index contributed by atoms with van der Waals surface area (Å²) in [5.41, 5.74) is 1.26. The summed E-state index contributed by atoms with van der Waals surface area (Å²) < 4.78 is 5.04. The van der Waals surface area contributed by atoms with Gasteiger partial charge in [0, 0.05) is 6.42 Å². The van der Waals surface area contributed by atoms with Gasteiger partial charge in [-0.2, -0.15) is 0 Å².